The first-order valence-electron chi connectivity index (χ1n) is 11.1. The molecular formula is C23H27F3N4O2S2. The summed E-state index contributed by atoms with van der Waals surface area (Å²) in [7, 11) is 1.62. The first-order valence-corrected chi connectivity index (χ1v) is 12.7. The van der Waals surface area contributed by atoms with Crippen LogP contribution in [0.15, 0.2) is 18.2 Å². The van der Waals surface area contributed by atoms with Crippen molar-refractivity contribution in [3.8, 4) is 10.6 Å². The number of carbonyl (C=O) groups excluding carboxylic acids is 1. The summed E-state index contributed by atoms with van der Waals surface area (Å²) in [5.74, 6) is -0.126. The number of nitrogens with zero attached hydrogens (tertiary/aromatic N) is 1. The van der Waals surface area contributed by atoms with Crippen molar-refractivity contribution in [3.63, 3.8) is 0 Å². The topological polar surface area (TPSA) is 75.3 Å². The number of thiophene rings is 1. The number of ether oxygens (including phenoxy) is 1. The molecule has 1 aromatic carbocycles. The van der Waals surface area contributed by atoms with Gasteiger partial charge in [0, 0.05) is 49.1 Å². The molecule has 0 unspecified atom stereocenters. The molecule has 11 heteroatoms. The molecule has 3 N–H and O–H groups in total. The Morgan fingerprint density at radius 2 is 2.06 bits per heavy atom. The van der Waals surface area contributed by atoms with Crippen molar-refractivity contribution in [1.82, 2.24) is 15.6 Å². The molecule has 0 radical (unpaired) electrons. The average molecular weight is 513 g/mol. The van der Waals surface area contributed by atoms with Crippen LogP contribution in [-0.2, 0) is 22.1 Å². The van der Waals surface area contributed by atoms with Crippen molar-refractivity contribution in [2.45, 2.75) is 44.9 Å². The van der Waals surface area contributed by atoms with Crippen LogP contribution in [0.3, 0.4) is 0 Å². The zero-order valence-corrected chi connectivity index (χ0v) is 20.8. The van der Waals surface area contributed by atoms with Crippen LogP contribution in [0.4, 0.5) is 18.2 Å². The van der Waals surface area contributed by atoms with E-state index in [2.05, 4.69) is 34.8 Å². The van der Waals surface area contributed by atoms with E-state index in [-0.39, 0.29) is 18.0 Å². The predicted molar refractivity (Wildman–Crippen MR) is 131 cm³/mol. The quantitative estimate of drug-likeness (QED) is 0.362. The molecule has 1 aliphatic rings. The Balaban J connectivity index is 1.67. The monoisotopic (exact) mass is 512 g/mol. The number of fused-ring (bicyclic) bond motifs is 2. The molecule has 2 aromatic heterocycles. The van der Waals surface area contributed by atoms with E-state index < -0.39 is 11.7 Å². The zero-order chi connectivity index (χ0) is 24.5. The Morgan fingerprint density at radius 3 is 2.79 bits per heavy atom. The van der Waals surface area contributed by atoms with E-state index in [1.54, 1.807) is 7.11 Å². The largest absolute Gasteiger partial charge is 0.416 e. The van der Waals surface area contributed by atoms with Crippen LogP contribution in [0.2, 0.25) is 0 Å². The Labute approximate surface area is 203 Å². The molecule has 0 spiro atoms. The minimum atomic E-state index is -4.42. The number of rotatable bonds is 8. The van der Waals surface area contributed by atoms with Crippen molar-refractivity contribution >= 4 is 43.8 Å². The average Bonchev–Trinajstić information content (AvgIpc) is 3.33. The maximum absolute atomic E-state index is 13.2. The summed E-state index contributed by atoms with van der Waals surface area (Å²) in [6.07, 6.45) is -3.37. The molecule has 6 nitrogen and oxygen atoms in total. The van der Waals surface area contributed by atoms with Crippen LogP contribution >= 0.6 is 22.7 Å². The normalized spacial score (nSPS) is 18.3. The van der Waals surface area contributed by atoms with Crippen LogP contribution in [0, 0.1) is 0 Å². The van der Waals surface area contributed by atoms with Gasteiger partial charge in [0.25, 0.3) is 0 Å². The third-order valence-corrected chi connectivity index (χ3v) is 8.05. The highest BCUT2D eigenvalue weighted by Gasteiger charge is 2.32. The molecule has 0 saturated heterocycles. The highest BCUT2D eigenvalue weighted by molar-refractivity contribution is 7.23. The van der Waals surface area contributed by atoms with Crippen LogP contribution in [0.1, 0.15) is 42.3 Å². The minimum absolute atomic E-state index is 0.107. The number of alkyl halides is 3. The van der Waals surface area contributed by atoms with Gasteiger partial charge in [-0.25, -0.2) is 4.98 Å². The third kappa shape index (κ3) is 5.44. The Kier molecular flexibility index (Phi) is 7.58. The second kappa shape index (κ2) is 10.3. The number of benzene rings is 1. The smallest absolute Gasteiger partial charge is 0.383 e. The third-order valence-electron chi connectivity index (χ3n) is 5.67. The van der Waals surface area contributed by atoms with E-state index in [0.29, 0.717) is 46.3 Å². The molecule has 0 bridgehead atoms. The molecule has 34 heavy (non-hydrogen) atoms. The molecule has 4 rings (SSSR count). The van der Waals surface area contributed by atoms with Gasteiger partial charge in [0.2, 0.25) is 5.91 Å². The molecule has 0 saturated carbocycles. The first kappa shape index (κ1) is 25.1. The molecule has 1 aliphatic heterocycles. The van der Waals surface area contributed by atoms with Crippen molar-refractivity contribution in [2.24, 2.45) is 0 Å². The number of aromatic nitrogens is 1. The van der Waals surface area contributed by atoms with Gasteiger partial charge in [-0.15, -0.1) is 22.7 Å². The molecule has 0 fully saturated rings. The molecular weight excluding hydrogens is 485 g/mol. The summed E-state index contributed by atoms with van der Waals surface area (Å²) in [5, 5.41) is 11.0. The molecule has 1 amide bonds. The predicted octanol–water partition coefficient (Wildman–Crippen LogP) is 5.20. The molecule has 0 aliphatic carbocycles. The number of carbonyl (C=O) groups is 1. The fourth-order valence-electron chi connectivity index (χ4n) is 4.12. The van der Waals surface area contributed by atoms with Gasteiger partial charge in [0.05, 0.1) is 22.4 Å². The van der Waals surface area contributed by atoms with E-state index in [0.717, 1.165) is 34.6 Å². The zero-order valence-electron chi connectivity index (χ0n) is 19.1. The Hall–Kier alpha value is -2.05. The fourth-order valence-corrected chi connectivity index (χ4v) is 6.47. The lowest BCUT2D eigenvalue weighted by Gasteiger charge is -2.26. The van der Waals surface area contributed by atoms with Gasteiger partial charge in [-0.05, 0) is 44.0 Å². The van der Waals surface area contributed by atoms with Gasteiger partial charge in [-0.1, -0.05) is 0 Å². The summed E-state index contributed by atoms with van der Waals surface area (Å²) < 4.78 is 45.3. The van der Waals surface area contributed by atoms with E-state index >= 15 is 0 Å². The summed E-state index contributed by atoms with van der Waals surface area (Å²) in [6.45, 7) is 5.92. The van der Waals surface area contributed by atoms with Crippen molar-refractivity contribution in [2.75, 3.05) is 32.1 Å². The molecule has 184 valence electrons. The first-order chi connectivity index (χ1) is 16.2. The highest BCUT2D eigenvalue weighted by atomic mass is 32.1. The van der Waals surface area contributed by atoms with E-state index in [4.69, 9.17) is 4.74 Å². The molecule has 2 atom stereocenters. The van der Waals surface area contributed by atoms with Crippen LogP contribution in [-0.4, -0.2) is 43.7 Å². The molecule has 3 heterocycles. The van der Waals surface area contributed by atoms with Crippen molar-refractivity contribution < 1.29 is 22.7 Å². The number of halogens is 3. The number of amides is 1. The maximum Gasteiger partial charge on any atom is 0.416 e. The Morgan fingerprint density at radius 1 is 1.26 bits per heavy atom. The Bertz CT molecular complexity index is 1180. The van der Waals surface area contributed by atoms with Gasteiger partial charge in [-0.2, -0.15) is 13.2 Å². The maximum atomic E-state index is 13.2. The van der Waals surface area contributed by atoms with Crippen molar-refractivity contribution in [1.29, 1.82) is 0 Å². The summed E-state index contributed by atoms with van der Waals surface area (Å²) in [6, 6.07) is 3.98. The number of methoxy groups -OCH3 is 1. The van der Waals surface area contributed by atoms with E-state index in [1.807, 2.05) is 0 Å². The SMILES string of the molecule is COCCNCCC(=O)Nc1sc2c(c1-c1nc3cc(C(F)(F)F)ccc3s1)C[C@@H](C)N[C@H]2C. The van der Waals surface area contributed by atoms with Crippen molar-refractivity contribution in [3.05, 3.63) is 34.2 Å². The lowest BCUT2D eigenvalue weighted by Crippen LogP contribution is -2.35. The van der Waals surface area contributed by atoms with Gasteiger partial charge in [0.1, 0.15) is 10.0 Å². The number of hydrogen-bond acceptors (Lipinski definition) is 7. The number of hydrogen-bond donors (Lipinski definition) is 3. The highest BCUT2D eigenvalue weighted by Crippen LogP contribution is 2.48. The number of anilines is 1. The summed E-state index contributed by atoms with van der Waals surface area (Å²) in [5.41, 5.74) is 1.53. The summed E-state index contributed by atoms with van der Waals surface area (Å²) in [4.78, 5) is 18.4. The second-order valence-corrected chi connectivity index (χ2v) is 10.5. The molecule has 3 aromatic rings. The number of nitrogens with one attached hydrogen (secondary N) is 3. The number of thiazole rings is 1. The van der Waals surface area contributed by atoms with Crippen LogP contribution in [0.25, 0.3) is 20.8 Å². The van der Waals surface area contributed by atoms with Gasteiger partial charge in [0.15, 0.2) is 0 Å². The van der Waals surface area contributed by atoms with Gasteiger partial charge >= 0.3 is 6.18 Å². The van der Waals surface area contributed by atoms with E-state index in [9.17, 15) is 18.0 Å². The van der Waals surface area contributed by atoms with Crippen LogP contribution < -0.4 is 16.0 Å². The lowest BCUT2D eigenvalue weighted by molar-refractivity contribution is -0.137. The minimum Gasteiger partial charge on any atom is -0.383 e. The van der Waals surface area contributed by atoms with Crippen LogP contribution in [0.5, 0.6) is 0 Å². The van der Waals surface area contributed by atoms with Gasteiger partial charge in [-0.3, -0.25) is 4.79 Å². The van der Waals surface area contributed by atoms with Gasteiger partial charge < -0.3 is 20.7 Å². The van der Waals surface area contributed by atoms with E-state index in [1.165, 1.54) is 28.7 Å². The lowest BCUT2D eigenvalue weighted by atomic mass is 9.95. The summed E-state index contributed by atoms with van der Waals surface area (Å²) >= 11 is 2.86. The fraction of sp³-hybridized carbons (Fsp3) is 0.478. The second-order valence-electron chi connectivity index (χ2n) is 8.38. The standard InChI is InChI=1S/C23H27F3N4O2S2/c1-12-10-15-19(21-29-16-11-14(23(24,25)26)4-5-17(16)33-21)22(34-20(15)13(2)28-12)30-18(31)6-7-27-8-9-32-3/h4-5,11-13,27-28H,6-10H2,1-3H3,(H,30,31)/t12-,13+/m1/s1.